The van der Waals surface area contributed by atoms with Gasteiger partial charge in [-0.25, -0.2) is 0 Å². The van der Waals surface area contributed by atoms with Gasteiger partial charge in [-0.3, -0.25) is 9.69 Å². The highest BCUT2D eigenvalue weighted by Gasteiger charge is 2.34. The Hall–Kier alpha value is -1.04. The Labute approximate surface area is 135 Å². The second kappa shape index (κ2) is 7.02. The molecule has 2 aliphatic heterocycles. The normalized spacial score (nSPS) is 25.5. The van der Waals surface area contributed by atoms with Crippen LogP contribution in [0.2, 0.25) is 0 Å². The molecular formula is C17H24N2O2S. The predicted molar refractivity (Wildman–Crippen MR) is 91.5 cm³/mol. The molecule has 1 saturated heterocycles. The van der Waals surface area contributed by atoms with Crippen LogP contribution in [-0.4, -0.2) is 51.8 Å². The van der Waals surface area contributed by atoms with Crippen molar-refractivity contribution in [3.63, 3.8) is 0 Å². The molecule has 1 N–H and O–H groups in total. The van der Waals surface area contributed by atoms with Crippen LogP contribution in [0.25, 0.3) is 0 Å². The maximum atomic E-state index is 12.0. The number of pyridine rings is 1. The largest absolute Gasteiger partial charge is 0.391 e. The van der Waals surface area contributed by atoms with E-state index in [0.717, 1.165) is 37.7 Å². The highest BCUT2D eigenvalue weighted by atomic mass is 32.2. The Morgan fingerprint density at radius 2 is 2.27 bits per heavy atom. The topological polar surface area (TPSA) is 45.5 Å². The van der Waals surface area contributed by atoms with Crippen molar-refractivity contribution in [2.24, 2.45) is 5.92 Å². The summed E-state index contributed by atoms with van der Waals surface area (Å²) < 4.78 is 1.95. The minimum atomic E-state index is -0.290. The monoisotopic (exact) mass is 320 g/mol. The number of rotatable bonds is 6. The summed E-state index contributed by atoms with van der Waals surface area (Å²) in [5.41, 5.74) is 1.30. The Bertz CT molecular complexity index is 586. The van der Waals surface area contributed by atoms with E-state index in [1.165, 1.54) is 12.1 Å². The van der Waals surface area contributed by atoms with Crippen LogP contribution in [-0.2, 0) is 6.54 Å². The lowest BCUT2D eigenvalue weighted by molar-refractivity contribution is 0.0717. The molecule has 3 heterocycles. The highest BCUT2D eigenvalue weighted by Crippen LogP contribution is 2.34. The molecule has 0 aromatic carbocycles. The number of hydrogen-bond acceptors (Lipinski definition) is 4. The second-order valence-corrected chi connectivity index (χ2v) is 7.47. The van der Waals surface area contributed by atoms with E-state index in [1.54, 1.807) is 17.8 Å². The van der Waals surface area contributed by atoms with Gasteiger partial charge in [0.25, 0.3) is 5.56 Å². The maximum absolute atomic E-state index is 12.0. The van der Waals surface area contributed by atoms with Crippen molar-refractivity contribution in [2.75, 3.05) is 31.1 Å². The van der Waals surface area contributed by atoms with E-state index in [0.29, 0.717) is 11.8 Å². The fourth-order valence-electron chi connectivity index (χ4n) is 3.78. The standard InChI is InChI=1S/C17H24N2O2S/c1-2-6-22-12-15(20)11-18-8-13-7-14(10-18)16-4-3-5-17(21)19(16)9-13/h2-5,13-15,20H,1,6-12H2. The van der Waals surface area contributed by atoms with Crippen molar-refractivity contribution in [3.8, 4) is 0 Å². The van der Waals surface area contributed by atoms with Gasteiger partial charge in [0.05, 0.1) is 6.10 Å². The first-order valence-corrected chi connectivity index (χ1v) is 9.11. The average molecular weight is 320 g/mol. The molecule has 3 atom stereocenters. The number of aliphatic hydroxyl groups excluding tert-OH is 1. The van der Waals surface area contributed by atoms with Crippen LogP contribution in [0, 0.1) is 5.92 Å². The van der Waals surface area contributed by atoms with Crippen LogP contribution in [0.15, 0.2) is 35.6 Å². The van der Waals surface area contributed by atoms with Crippen molar-refractivity contribution < 1.29 is 5.11 Å². The molecule has 0 spiro atoms. The Morgan fingerprint density at radius 1 is 1.41 bits per heavy atom. The fourth-order valence-corrected chi connectivity index (χ4v) is 4.46. The van der Waals surface area contributed by atoms with Gasteiger partial charge in [-0.2, -0.15) is 11.8 Å². The van der Waals surface area contributed by atoms with Crippen LogP contribution in [0.4, 0.5) is 0 Å². The predicted octanol–water partition coefficient (Wildman–Crippen LogP) is 1.55. The number of likely N-dealkylation sites (tertiary alicyclic amines) is 1. The number of hydrogen-bond donors (Lipinski definition) is 1. The number of aliphatic hydroxyl groups is 1. The SMILES string of the molecule is C=CCSCC(O)CN1CC2CC(C1)c1cccc(=O)n1C2. The van der Waals surface area contributed by atoms with E-state index in [2.05, 4.69) is 17.5 Å². The second-order valence-electron chi connectivity index (χ2n) is 6.40. The summed E-state index contributed by atoms with van der Waals surface area (Å²) in [6.07, 6.45) is 2.75. The fraction of sp³-hybridized carbons (Fsp3) is 0.588. The molecule has 22 heavy (non-hydrogen) atoms. The lowest BCUT2D eigenvalue weighted by atomic mass is 9.83. The zero-order valence-electron chi connectivity index (χ0n) is 12.9. The third kappa shape index (κ3) is 3.47. The molecule has 1 aromatic heterocycles. The smallest absolute Gasteiger partial charge is 0.250 e. The van der Waals surface area contributed by atoms with Gasteiger partial charge in [0.1, 0.15) is 0 Å². The van der Waals surface area contributed by atoms with Gasteiger partial charge in [0.15, 0.2) is 0 Å². The third-order valence-electron chi connectivity index (χ3n) is 4.57. The summed E-state index contributed by atoms with van der Waals surface area (Å²) in [6, 6.07) is 5.61. The summed E-state index contributed by atoms with van der Waals surface area (Å²) in [5, 5.41) is 10.2. The van der Waals surface area contributed by atoms with Crippen LogP contribution in [0.1, 0.15) is 18.0 Å². The molecule has 0 saturated carbocycles. The molecule has 2 aliphatic rings. The van der Waals surface area contributed by atoms with Gasteiger partial charge >= 0.3 is 0 Å². The van der Waals surface area contributed by atoms with E-state index in [9.17, 15) is 9.90 Å². The molecule has 0 aliphatic carbocycles. The molecule has 3 rings (SSSR count). The molecule has 4 nitrogen and oxygen atoms in total. The minimum absolute atomic E-state index is 0.126. The Kier molecular flexibility index (Phi) is 5.06. The lowest BCUT2D eigenvalue weighted by Crippen LogP contribution is -2.49. The molecule has 1 fully saturated rings. The maximum Gasteiger partial charge on any atom is 0.250 e. The summed E-state index contributed by atoms with van der Waals surface area (Å²) in [7, 11) is 0. The quantitative estimate of drug-likeness (QED) is 0.638. The lowest BCUT2D eigenvalue weighted by Gasteiger charge is -2.43. The van der Waals surface area contributed by atoms with Gasteiger partial charge < -0.3 is 9.67 Å². The first kappa shape index (κ1) is 15.8. The average Bonchev–Trinajstić information content (AvgIpc) is 2.48. The molecule has 120 valence electrons. The number of β-amino-alcohol motifs (C(OH)–C–C–N with tert-alkyl or cyclic N) is 1. The van der Waals surface area contributed by atoms with Crippen LogP contribution < -0.4 is 5.56 Å². The third-order valence-corrected chi connectivity index (χ3v) is 5.66. The summed E-state index contributed by atoms with van der Waals surface area (Å²) >= 11 is 1.72. The Morgan fingerprint density at radius 3 is 3.09 bits per heavy atom. The highest BCUT2D eigenvalue weighted by molar-refractivity contribution is 7.99. The minimum Gasteiger partial charge on any atom is -0.391 e. The first-order valence-electron chi connectivity index (χ1n) is 7.96. The van der Waals surface area contributed by atoms with Crippen LogP contribution >= 0.6 is 11.8 Å². The van der Waals surface area contributed by atoms with Gasteiger partial charge in [-0.1, -0.05) is 12.1 Å². The molecule has 3 unspecified atom stereocenters. The number of thioether (sulfide) groups is 1. The van der Waals surface area contributed by atoms with Crippen molar-refractivity contribution in [1.29, 1.82) is 0 Å². The molecule has 5 heteroatoms. The summed E-state index contributed by atoms with van der Waals surface area (Å²) in [4.78, 5) is 14.4. The molecule has 0 radical (unpaired) electrons. The molecule has 0 amide bonds. The van der Waals surface area contributed by atoms with E-state index in [1.807, 2.05) is 16.7 Å². The van der Waals surface area contributed by atoms with E-state index in [-0.39, 0.29) is 11.7 Å². The number of nitrogens with zero attached hydrogens (tertiary/aromatic N) is 2. The van der Waals surface area contributed by atoms with Crippen molar-refractivity contribution in [3.05, 3.63) is 46.9 Å². The number of piperidine rings is 1. The van der Waals surface area contributed by atoms with Crippen LogP contribution in [0.5, 0.6) is 0 Å². The van der Waals surface area contributed by atoms with Gasteiger partial charge in [-0.05, 0) is 18.4 Å². The van der Waals surface area contributed by atoms with Gasteiger partial charge in [0, 0.05) is 55.4 Å². The molecule has 1 aromatic rings. The number of fused-ring (bicyclic) bond motifs is 4. The van der Waals surface area contributed by atoms with Crippen molar-refractivity contribution in [2.45, 2.75) is 25.0 Å². The van der Waals surface area contributed by atoms with Crippen LogP contribution in [0.3, 0.4) is 0 Å². The first-order chi connectivity index (χ1) is 10.7. The van der Waals surface area contributed by atoms with Crippen molar-refractivity contribution >= 4 is 11.8 Å². The van der Waals surface area contributed by atoms with Gasteiger partial charge in [-0.15, -0.1) is 6.58 Å². The summed E-state index contributed by atoms with van der Waals surface area (Å²) in [6.45, 7) is 7.19. The van der Waals surface area contributed by atoms with Crippen molar-refractivity contribution in [1.82, 2.24) is 9.47 Å². The molecule has 2 bridgehead atoms. The molecular weight excluding hydrogens is 296 g/mol. The van der Waals surface area contributed by atoms with E-state index in [4.69, 9.17) is 0 Å². The zero-order valence-corrected chi connectivity index (χ0v) is 13.7. The van der Waals surface area contributed by atoms with Gasteiger partial charge in [0.2, 0.25) is 0 Å². The zero-order chi connectivity index (χ0) is 15.5. The van der Waals surface area contributed by atoms with E-state index >= 15 is 0 Å². The summed E-state index contributed by atoms with van der Waals surface area (Å²) in [5.74, 6) is 2.60. The number of aromatic nitrogens is 1. The Balaban J connectivity index is 1.63. The van der Waals surface area contributed by atoms with E-state index < -0.39 is 0 Å².